The minimum absolute atomic E-state index is 0.0457. The van der Waals surface area contributed by atoms with Crippen LogP contribution in [0.1, 0.15) is 29.8 Å². The van der Waals surface area contributed by atoms with Crippen LogP contribution in [0.25, 0.3) is 0 Å². The lowest BCUT2D eigenvalue weighted by molar-refractivity contribution is 0.101. The Bertz CT molecular complexity index is 1180. The van der Waals surface area contributed by atoms with Gasteiger partial charge in [0.15, 0.2) is 5.78 Å². The van der Waals surface area contributed by atoms with Gasteiger partial charge in [-0.1, -0.05) is 29.3 Å². The fraction of sp³-hybridized carbons (Fsp3) is 0.125. The molecule has 7 nitrogen and oxygen atoms in total. The molecular formula is C16H13Cl3N2O5S2. The second-order valence-electron chi connectivity index (χ2n) is 5.57. The molecule has 0 amide bonds. The van der Waals surface area contributed by atoms with Gasteiger partial charge < -0.3 is 0 Å². The molecule has 150 valence electrons. The van der Waals surface area contributed by atoms with Crippen LogP contribution in [0.3, 0.4) is 0 Å². The van der Waals surface area contributed by atoms with Crippen LogP contribution in [0.5, 0.6) is 0 Å². The van der Waals surface area contributed by atoms with Gasteiger partial charge in [0.2, 0.25) is 0 Å². The second kappa shape index (κ2) is 8.38. The molecule has 0 aromatic heterocycles. The first-order valence-electron chi connectivity index (χ1n) is 7.44. The third-order valence-electron chi connectivity index (χ3n) is 3.54. The summed E-state index contributed by atoms with van der Waals surface area (Å²) in [6, 6.07) is 8.62. The summed E-state index contributed by atoms with van der Waals surface area (Å²) in [4.78, 5) is 13.1. The molecule has 28 heavy (non-hydrogen) atoms. The van der Waals surface area contributed by atoms with Crippen LogP contribution >= 0.6 is 33.9 Å². The van der Waals surface area contributed by atoms with Crippen molar-refractivity contribution in [2.45, 2.75) is 23.6 Å². The van der Waals surface area contributed by atoms with Crippen molar-refractivity contribution in [3.8, 4) is 0 Å². The van der Waals surface area contributed by atoms with Crippen molar-refractivity contribution in [3.05, 3.63) is 57.6 Å². The monoisotopic (exact) mass is 482 g/mol. The van der Waals surface area contributed by atoms with Crippen molar-refractivity contribution in [3.63, 3.8) is 0 Å². The average molecular weight is 484 g/mol. The van der Waals surface area contributed by atoms with Gasteiger partial charge in [-0.05, 0) is 44.2 Å². The van der Waals surface area contributed by atoms with Crippen LogP contribution in [-0.2, 0) is 19.1 Å². The number of fused-ring (bicyclic) bond motifs is 1. The maximum Gasteiger partial charge on any atom is 0.277 e. The molecule has 1 heterocycles. The third kappa shape index (κ3) is 5.24. The highest BCUT2D eigenvalue weighted by Crippen LogP contribution is 2.25. The van der Waals surface area contributed by atoms with Crippen LogP contribution in [0.4, 0.5) is 0 Å². The van der Waals surface area contributed by atoms with Gasteiger partial charge in [0.05, 0.1) is 15.5 Å². The molecule has 0 spiro atoms. The van der Waals surface area contributed by atoms with Crippen molar-refractivity contribution in [2.75, 3.05) is 0 Å². The fourth-order valence-corrected chi connectivity index (χ4v) is 4.99. The number of sulfonamides is 1. The highest BCUT2D eigenvalue weighted by Gasteiger charge is 2.23. The minimum atomic E-state index is -3.93. The van der Waals surface area contributed by atoms with E-state index >= 15 is 0 Å². The lowest BCUT2D eigenvalue weighted by Gasteiger charge is -2.15. The van der Waals surface area contributed by atoms with Gasteiger partial charge in [-0.2, -0.15) is 18.4 Å². The summed E-state index contributed by atoms with van der Waals surface area (Å²) >= 11 is 11.3. The topological polar surface area (TPSA) is 110 Å². The molecule has 0 saturated heterocycles. The number of nitrogens with zero attached hydrogens (tertiary/aromatic N) is 1. The number of benzene rings is 2. The first kappa shape index (κ1) is 22.6. The Hall–Kier alpha value is -1.65. The van der Waals surface area contributed by atoms with Gasteiger partial charge in [-0.15, -0.1) is 0 Å². The van der Waals surface area contributed by atoms with Gasteiger partial charge in [0.25, 0.3) is 19.1 Å². The van der Waals surface area contributed by atoms with E-state index in [2.05, 4.69) is 9.93 Å². The summed E-state index contributed by atoms with van der Waals surface area (Å²) in [6.45, 7) is 2.99. The molecule has 2 aromatic carbocycles. The number of hydrogen-bond acceptors (Lipinski definition) is 6. The summed E-state index contributed by atoms with van der Waals surface area (Å²) in [5, 5.41) is 4.30. The summed E-state index contributed by atoms with van der Waals surface area (Å²) < 4.78 is 45.1. The zero-order valence-corrected chi connectivity index (χ0v) is 18.3. The highest BCUT2D eigenvalue weighted by molar-refractivity contribution is 8.13. The third-order valence-corrected chi connectivity index (χ3v) is 6.62. The van der Waals surface area contributed by atoms with Gasteiger partial charge >= 0.3 is 0 Å². The van der Waals surface area contributed by atoms with E-state index in [1.807, 2.05) is 0 Å². The Balaban J connectivity index is 0.000000200. The SMILES string of the molecule is CC(=O)c1ccc(Cl)cc1S(=O)(=O)Cl.CC1=NNS(=O)(=O)c2cc(Cl)ccc21. The summed E-state index contributed by atoms with van der Waals surface area (Å²) in [7, 11) is -2.31. The number of rotatable bonds is 2. The van der Waals surface area contributed by atoms with Crippen molar-refractivity contribution in [2.24, 2.45) is 5.10 Å². The van der Waals surface area contributed by atoms with Crippen LogP contribution in [0.15, 0.2) is 51.3 Å². The second-order valence-corrected chi connectivity index (χ2v) is 10.6. The Morgan fingerprint density at radius 2 is 1.64 bits per heavy atom. The number of Topliss-reactive ketones (excluding diaryl/α,β-unsaturated/α-hetero) is 1. The average Bonchev–Trinajstić information content (AvgIpc) is 2.58. The Morgan fingerprint density at radius 3 is 2.21 bits per heavy atom. The molecule has 0 radical (unpaired) electrons. The van der Waals surface area contributed by atoms with Gasteiger partial charge in [0, 0.05) is 31.9 Å². The standard InChI is InChI=1S/C8H6Cl2O3S.C8H7ClN2O2S/c1-5(11)7-3-2-6(9)4-8(7)14(10,12)13;1-5-7-3-2-6(9)4-8(7)14(12,13)11-10-5/h2-4H,1H3;2-4,11H,1H3. The number of carbonyl (C=O) groups is 1. The Morgan fingerprint density at radius 1 is 1.07 bits per heavy atom. The zero-order valence-electron chi connectivity index (χ0n) is 14.4. The van der Waals surface area contributed by atoms with Crippen molar-refractivity contribution in [1.29, 1.82) is 0 Å². The largest absolute Gasteiger partial charge is 0.294 e. The number of carbonyl (C=O) groups excluding carboxylic acids is 1. The maximum atomic E-state index is 11.5. The normalized spacial score (nSPS) is 14.7. The number of halogens is 3. The molecule has 0 fully saturated rings. The zero-order chi connectivity index (χ0) is 21.3. The van der Waals surface area contributed by atoms with E-state index in [9.17, 15) is 21.6 Å². The smallest absolute Gasteiger partial charge is 0.277 e. The van der Waals surface area contributed by atoms with Crippen LogP contribution in [0, 0.1) is 0 Å². The quantitative estimate of drug-likeness (QED) is 0.516. The van der Waals surface area contributed by atoms with Gasteiger partial charge in [-0.25, -0.2) is 8.42 Å². The first-order chi connectivity index (χ1) is 12.8. The van der Waals surface area contributed by atoms with Crippen molar-refractivity contribution in [1.82, 2.24) is 4.83 Å². The number of ketones is 1. The molecule has 1 aliphatic rings. The summed E-state index contributed by atoms with van der Waals surface area (Å²) in [6.07, 6.45) is 0. The van der Waals surface area contributed by atoms with E-state index in [-0.39, 0.29) is 26.2 Å². The molecule has 0 atom stereocenters. The molecular weight excluding hydrogens is 471 g/mol. The molecule has 3 rings (SSSR count). The van der Waals surface area contributed by atoms with E-state index in [4.69, 9.17) is 33.9 Å². The molecule has 2 aromatic rings. The number of hydrazone groups is 1. The number of hydrogen-bond donors (Lipinski definition) is 1. The molecule has 0 unspecified atom stereocenters. The summed E-state index contributed by atoms with van der Waals surface area (Å²) in [5.74, 6) is -0.374. The van der Waals surface area contributed by atoms with Crippen molar-refractivity contribution >= 4 is 64.5 Å². The highest BCUT2D eigenvalue weighted by atomic mass is 35.7. The lowest BCUT2D eigenvalue weighted by Crippen LogP contribution is -2.26. The van der Waals surface area contributed by atoms with Crippen LogP contribution in [-0.4, -0.2) is 28.3 Å². The molecule has 1 aliphatic heterocycles. The Labute approximate surface area is 176 Å². The predicted molar refractivity (Wildman–Crippen MR) is 108 cm³/mol. The fourth-order valence-electron chi connectivity index (χ4n) is 2.24. The van der Waals surface area contributed by atoms with Gasteiger partial charge in [0.1, 0.15) is 0 Å². The van der Waals surface area contributed by atoms with Crippen LogP contribution in [0.2, 0.25) is 10.0 Å². The van der Waals surface area contributed by atoms with Crippen LogP contribution < -0.4 is 4.83 Å². The van der Waals surface area contributed by atoms with E-state index in [0.29, 0.717) is 16.3 Å². The maximum absolute atomic E-state index is 11.5. The van der Waals surface area contributed by atoms with Gasteiger partial charge in [-0.3, -0.25) is 4.79 Å². The van der Waals surface area contributed by atoms with E-state index in [1.165, 1.54) is 25.1 Å². The molecule has 1 N–H and O–H groups in total. The molecule has 0 saturated carbocycles. The first-order valence-corrected chi connectivity index (χ1v) is 12.0. The molecule has 0 aliphatic carbocycles. The van der Waals surface area contributed by atoms with E-state index < -0.39 is 19.1 Å². The summed E-state index contributed by atoms with van der Waals surface area (Å²) in [5.41, 5.74) is 1.27. The van der Waals surface area contributed by atoms with E-state index in [1.54, 1.807) is 19.1 Å². The number of nitrogens with one attached hydrogen (secondary N) is 1. The van der Waals surface area contributed by atoms with Crippen molar-refractivity contribution < 1.29 is 21.6 Å². The molecule has 0 bridgehead atoms. The minimum Gasteiger partial charge on any atom is -0.294 e. The Kier molecular flexibility index (Phi) is 6.78. The predicted octanol–water partition coefficient (Wildman–Crippen LogP) is 3.83. The molecule has 12 heteroatoms. The van der Waals surface area contributed by atoms with E-state index in [0.717, 1.165) is 6.07 Å². The lowest BCUT2D eigenvalue weighted by atomic mass is 10.1.